The molecule has 0 spiro atoms. The molecule has 0 saturated heterocycles. The van der Waals surface area contributed by atoms with E-state index in [9.17, 15) is 9.90 Å². The number of benzene rings is 1. The van der Waals surface area contributed by atoms with Gasteiger partial charge in [0.1, 0.15) is 11.4 Å². The maximum Gasteiger partial charge on any atom is 0.311 e. The standard InChI is InChI=1S/C12H13ClO3/c1-12(2)6-8(11(14)15)7-4-3-5-9(13)10(7)16-12/h3-5,8H,6H2,1-2H3,(H,14,15). The van der Waals surface area contributed by atoms with E-state index in [2.05, 4.69) is 0 Å². The third-order valence-corrected chi connectivity index (χ3v) is 3.04. The predicted octanol–water partition coefficient (Wildman–Crippen LogP) is 3.07. The Kier molecular flexibility index (Phi) is 2.58. The van der Waals surface area contributed by atoms with Gasteiger partial charge in [-0.1, -0.05) is 23.7 Å². The Morgan fingerprint density at radius 3 is 2.88 bits per heavy atom. The molecule has 1 aromatic carbocycles. The number of carbonyl (C=O) groups is 1. The lowest BCUT2D eigenvalue weighted by molar-refractivity contribution is -0.140. The molecule has 3 nitrogen and oxygen atoms in total. The van der Waals surface area contributed by atoms with Gasteiger partial charge in [-0.2, -0.15) is 0 Å². The van der Waals surface area contributed by atoms with Gasteiger partial charge in [0.15, 0.2) is 0 Å². The molecule has 1 N–H and O–H groups in total. The second kappa shape index (κ2) is 3.67. The van der Waals surface area contributed by atoms with Gasteiger partial charge in [-0.25, -0.2) is 0 Å². The van der Waals surface area contributed by atoms with Crippen LogP contribution < -0.4 is 4.74 Å². The molecular formula is C12H13ClO3. The Bertz CT molecular complexity index is 440. The van der Waals surface area contributed by atoms with Crippen molar-refractivity contribution in [3.05, 3.63) is 28.8 Å². The van der Waals surface area contributed by atoms with Crippen molar-refractivity contribution in [1.82, 2.24) is 0 Å². The first-order valence-electron chi connectivity index (χ1n) is 5.11. The molecule has 1 heterocycles. The average molecular weight is 241 g/mol. The number of halogens is 1. The molecule has 1 aliphatic heterocycles. The van der Waals surface area contributed by atoms with Crippen LogP contribution in [0.25, 0.3) is 0 Å². The first-order valence-corrected chi connectivity index (χ1v) is 5.49. The van der Waals surface area contributed by atoms with Crippen molar-refractivity contribution in [3.63, 3.8) is 0 Å². The van der Waals surface area contributed by atoms with E-state index in [1.165, 1.54) is 0 Å². The first-order chi connectivity index (χ1) is 7.41. The highest BCUT2D eigenvalue weighted by Crippen LogP contribution is 2.44. The van der Waals surface area contributed by atoms with Crippen LogP contribution >= 0.6 is 11.6 Å². The summed E-state index contributed by atoms with van der Waals surface area (Å²) >= 11 is 6.02. The van der Waals surface area contributed by atoms with Crippen molar-refractivity contribution >= 4 is 17.6 Å². The number of ether oxygens (including phenoxy) is 1. The van der Waals surface area contributed by atoms with Gasteiger partial charge in [-0.05, 0) is 19.9 Å². The molecule has 0 bridgehead atoms. The van der Waals surface area contributed by atoms with Crippen LogP contribution in [0.5, 0.6) is 5.75 Å². The van der Waals surface area contributed by atoms with E-state index >= 15 is 0 Å². The highest BCUT2D eigenvalue weighted by atomic mass is 35.5. The van der Waals surface area contributed by atoms with E-state index in [-0.39, 0.29) is 0 Å². The Morgan fingerprint density at radius 2 is 2.25 bits per heavy atom. The minimum atomic E-state index is -0.833. The number of fused-ring (bicyclic) bond motifs is 1. The molecule has 0 radical (unpaired) electrons. The SMILES string of the molecule is CC1(C)CC(C(=O)O)c2cccc(Cl)c2O1. The molecule has 0 aliphatic carbocycles. The Hall–Kier alpha value is -1.22. The van der Waals surface area contributed by atoms with Crippen LogP contribution in [0.2, 0.25) is 5.02 Å². The monoisotopic (exact) mass is 240 g/mol. The summed E-state index contributed by atoms with van der Waals surface area (Å²) in [4.78, 5) is 11.2. The fraction of sp³-hybridized carbons (Fsp3) is 0.417. The van der Waals surface area contributed by atoms with Crippen LogP contribution in [0.1, 0.15) is 31.7 Å². The van der Waals surface area contributed by atoms with Gasteiger partial charge in [-0.15, -0.1) is 0 Å². The predicted molar refractivity (Wildman–Crippen MR) is 61.2 cm³/mol. The molecule has 1 atom stereocenters. The van der Waals surface area contributed by atoms with E-state index in [0.717, 1.165) is 0 Å². The lowest BCUT2D eigenvalue weighted by atomic mass is 9.84. The largest absolute Gasteiger partial charge is 0.486 e. The molecule has 1 aromatic rings. The van der Waals surface area contributed by atoms with Gasteiger partial charge in [0.2, 0.25) is 0 Å². The molecule has 86 valence electrons. The van der Waals surface area contributed by atoms with Crippen LogP contribution in [0, 0.1) is 0 Å². The molecule has 0 fully saturated rings. The highest BCUT2D eigenvalue weighted by molar-refractivity contribution is 6.32. The van der Waals surface area contributed by atoms with Gasteiger partial charge in [0.25, 0.3) is 0 Å². The van der Waals surface area contributed by atoms with Crippen molar-refractivity contribution in [3.8, 4) is 5.75 Å². The number of carboxylic acids is 1. The highest BCUT2D eigenvalue weighted by Gasteiger charge is 2.38. The van der Waals surface area contributed by atoms with Crippen LogP contribution in [-0.2, 0) is 4.79 Å². The molecule has 4 heteroatoms. The van der Waals surface area contributed by atoms with E-state index in [1.54, 1.807) is 18.2 Å². The van der Waals surface area contributed by atoms with Crippen molar-refractivity contribution in [2.45, 2.75) is 31.8 Å². The summed E-state index contributed by atoms with van der Waals surface area (Å²) in [5.74, 6) is -0.870. The third-order valence-electron chi connectivity index (χ3n) is 2.75. The molecule has 0 amide bonds. The summed E-state index contributed by atoms with van der Waals surface area (Å²) in [5, 5.41) is 9.68. The minimum absolute atomic E-state index is 0.454. The van der Waals surface area contributed by atoms with Gasteiger partial charge >= 0.3 is 5.97 Å². The zero-order valence-electron chi connectivity index (χ0n) is 9.16. The maximum absolute atomic E-state index is 11.2. The number of para-hydroxylation sites is 1. The van der Waals surface area contributed by atoms with Gasteiger partial charge in [0.05, 0.1) is 10.9 Å². The number of rotatable bonds is 1. The molecule has 16 heavy (non-hydrogen) atoms. The maximum atomic E-state index is 11.2. The Labute approximate surface area is 99.0 Å². The van der Waals surface area contributed by atoms with Crippen LogP contribution in [0.4, 0.5) is 0 Å². The Balaban J connectivity index is 2.55. The molecule has 1 aliphatic rings. The normalized spacial score (nSPS) is 22.1. The molecule has 0 aromatic heterocycles. The second-order valence-electron chi connectivity index (χ2n) is 4.61. The van der Waals surface area contributed by atoms with Crippen LogP contribution in [-0.4, -0.2) is 16.7 Å². The van der Waals surface area contributed by atoms with Crippen molar-refractivity contribution in [2.75, 3.05) is 0 Å². The number of hydrogen-bond donors (Lipinski definition) is 1. The number of carboxylic acid groups (broad SMARTS) is 1. The van der Waals surface area contributed by atoms with Gasteiger partial charge in [-0.3, -0.25) is 4.79 Å². The average Bonchev–Trinajstić information content (AvgIpc) is 2.17. The summed E-state index contributed by atoms with van der Waals surface area (Å²) in [7, 11) is 0. The smallest absolute Gasteiger partial charge is 0.311 e. The summed E-state index contributed by atoms with van der Waals surface area (Å²) in [6.07, 6.45) is 0.454. The van der Waals surface area contributed by atoms with Crippen LogP contribution in [0.3, 0.4) is 0 Å². The second-order valence-corrected chi connectivity index (χ2v) is 5.02. The quantitative estimate of drug-likeness (QED) is 0.821. The summed E-state index contributed by atoms with van der Waals surface area (Å²) in [6.45, 7) is 3.74. The van der Waals surface area contributed by atoms with Gasteiger partial charge in [0, 0.05) is 12.0 Å². The van der Waals surface area contributed by atoms with E-state index in [1.807, 2.05) is 13.8 Å². The van der Waals surface area contributed by atoms with E-state index < -0.39 is 17.5 Å². The number of hydrogen-bond acceptors (Lipinski definition) is 2. The summed E-state index contributed by atoms with van der Waals surface area (Å²) in [6, 6.07) is 5.22. The zero-order chi connectivity index (χ0) is 11.9. The molecular weight excluding hydrogens is 228 g/mol. The first kappa shape index (κ1) is 11.3. The van der Waals surface area contributed by atoms with E-state index in [0.29, 0.717) is 22.8 Å². The molecule has 1 unspecified atom stereocenters. The van der Waals surface area contributed by atoms with Crippen molar-refractivity contribution < 1.29 is 14.6 Å². The third kappa shape index (κ3) is 1.87. The van der Waals surface area contributed by atoms with Gasteiger partial charge < -0.3 is 9.84 Å². The fourth-order valence-corrected chi connectivity index (χ4v) is 2.27. The van der Waals surface area contributed by atoms with E-state index in [4.69, 9.17) is 16.3 Å². The Morgan fingerprint density at radius 1 is 1.56 bits per heavy atom. The lowest BCUT2D eigenvalue weighted by Gasteiger charge is -2.36. The number of aliphatic carboxylic acids is 1. The summed E-state index contributed by atoms with van der Waals surface area (Å²) < 4.78 is 5.74. The summed E-state index contributed by atoms with van der Waals surface area (Å²) in [5.41, 5.74) is 0.167. The molecule has 2 rings (SSSR count). The fourth-order valence-electron chi connectivity index (χ4n) is 2.05. The molecule has 0 saturated carbocycles. The minimum Gasteiger partial charge on any atom is -0.486 e. The topological polar surface area (TPSA) is 46.5 Å². The van der Waals surface area contributed by atoms with Crippen LogP contribution in [0.15, 0.2) is 18.2 Å². The van der Waals surface area contributed by atoms with Crippen molar-refractivity contribution in [2.24, 2.45) is 0 Å². The lowest BCUT2D eigenvalue weighted by Crippen LogP contribution is -2.37. The van der Waals surface area contributed by atoms with Crippen molar-refractivity contribution in [1.29, 1.82) is 0 Å². The zero-order valence-corrected chi connectivity index (χ0v) is 9.91.